The van der Waals surface area contributed by atoms with Crippen LogP contribution in [0.25, 0.3) is 22.3 Å². The number of hydrogen-bond acceptors (Lipinski definition) is 5. The highest BCUT2D eigenvalue weighted by atomic mass is 16.7. The summed E-state index contributed by atoms with van der Waals surface area (Å²) in [4.78, 5) is 4.95. The highest BCUT2D eigenvalue weighted by Crippen LogP contribution is 2.44. The van der Waals surface area contributed by atoms with Crippen molar-refractivity contribution in [3.05, 3.63) is 29.5 Å². The predicted molar refractivity (Wildman–Crippen MR) is 105 cm³/mol. The van der Waals surface area contributed by atoms with Crippen LogP contribution >= 0.6 is 0 Å². The molecular formula is C21H25N3O3. The maximum atomic E-state index is 5.57. The van der Waals surface area contributed by atoms with Gasteiger partial charge in [0.05, 0.1) is 18.5 Å². The summed E-state index contributed by atoms with van der Waals surface area (Å²) in [6.45, 7) is 9.68. The normalized spacial score (nSPS) is 13.0. The monoisotopic (exact) mass is 367 g/mol. The van der Waals surface area contributed by atoms with Gasteiger partial charge < -0.3 is 14.2 Å². The number of hydrogen-bond donors (Lipinski definition) is 0. The van der Waals surface area contributed by atoms with E-state index in [0.29, 0.717) is 23.2 Å². The fourth-order valence-electron chi connectivity index (χ4n) is 3.53. The molecule has 1 aliphatic rings. The smallest absolute Gasteiger partial charge is 0.231 e. The molecule has 4 rings (SSSR count). The molecule has 0 spiro atoms. The molecule has 0 saturated heterocycles. The van der Waals surface area contributed by atoms with Crippen molar-refractivity contribution >= 4 is 11.0 Å². The molecule has 3 heterocycles. The lowest BCUT2D eigenvalue weighted by Gasteiger charge is -2.10. The van der Waals surface area contributed by atoms with Crippen LogP contribution in [0.4, 0.5) is 0 Å². The van der Waals surface area contributed by atoms with Gasteiger partial charge in [0.25, 0.3) is 0 Å². The maximum absolute atomic E-state index is 5.57. The van der Waals surface area contributed by atoms with Crippen LogP contribution in [0.1, 0.15) is 31.5 Å². The summed E-state index contributed by atoms with van der Waals surface area (Å²) >= 11 is 0. The number of rotatable bonds is 5. The minimum atomic E-state index is 0.210. The van der Waals surface area contributed by atoms with Crippen molar-refractivity contribution in [2.75, 3.05) is 13.9 Å². The van der Waals surface area contributed by atoms with Crippen LogP contribution in [-0.2, 0) is 6.54 Å². The lowest BCUT2D eigenvalue weighted by Crippen LogP contribution is -2.04. The summed E-state index contributed by atoms with van der Waals surface area (Å²) in [6, 6.07) is 6.00. The van der Waals surface area contributed by atoms with Gasteiger partial charge in [-0.3, -0.25) is 0 Å². The molecule has 0 N–H and O–H groups in total. The molecule has 0 aliphatic carbocycles. The average molecular weight is 367 g/mol. The Morgan fingerprint density at radius 3 is 2.74 bits per heavy atom. The second-order valence-electron chi connectivity index (χ2n) is 7.43. The van der Waals surface area contributed by atoms with Gasteiger partial charge in [-0.15, -0.1) is 0 Å². The molecule has 0 radical (unpaired) electrons. The third-order valence-corrected chi connectivity index (χ3v) is 4.95. The van der Waals surface area contributed by atoms with Crippen LogP contribution in [0.15, 0.2) is 18.2 Å². The summed E-state index contributed by atoms with van der Waals surface area (Å²) in [5.41, 5.74) is 4.94. The first-order chi connectivity index (χ1) is 13.0. The molecule has 0 fully saturated rings. The standard InChI is InChI=1S/C21H25N3O3/c1-12(2)6-7-24-21-19(14(4)23-24)13(3)8-16(22-21)15-9-17(25-5)20-18(10-15)26-11-27-20/h8-10,12H,6-7,11H2,1-5H3. The van der Waals surface area contributed by atoms with Crippen LogP contribution in [-0.4, -0.2) is 28.7 Å². The Morgan fingerprint density at radius 2 is 2.00 bits per heavy atom. The van der Waals surface area contributed by atoms with Gasteiger partial charge in [0.15, 0.2) is 17.1 Å². The third kappa shape index (κ3) is 3.09. The van der Waals surface area contributed by atoms with Crippen LogP contribution in [0, 0.1) is 19.8 Å². The number of aromatic nitrogens is 3. The van der Waals surface area contributed by atoms with E-state index in [4.69, 9.17) is 24.3 Å². The first-order valence-corrected chi connectivity index (χ1v) is 9.30. The number of fused-ring (bicyclic) bond motifs is 2. The van der Waals surface area contributed by atoms with E-state index in [-0.39, 0.29) is 6.79 Å². The largest absolute Gasteiger partial charge is 0.493 e. The molecule has 6 heteroatoms. The fourth-order valence-corrected chi connectivity index (χ4v) is 3.53. The van der Waals surface area contributed by atoms with Gasteiger partial charge in [0, 0.05) is 17.5 Å². The molecule has 0 amide bonds. The molecule has 3 aromatic rings. The van der Waals surface area contributed by atoms with Crippen molar-refractivity contribution in [3.63, 3.8) is 0 Å². The summed E-state index contributed by atoms with van der Waals surface area (Å²) < 4.78 is 18.6. The van der Waals surface area contributed by atoms with Crippen molar-refractivity contribution in [3.8, 4) is 28.5 Å². The molecule has 1 aliphatic heterocycles. The van der Waals surface area contributed by atoms with E-state index < -0.39 is 0 Å². The Balaban J connectivity index is 1.84. The quantitative estimate of drug-likeness (QED) is 0.664. The Morgan fingerprint density at radius 1 is 1.19 bits per heavy atom. The number of benzene rings is 1. The second kappa shape index (κ2) is 6.76. The molecule has 142 valence electrons. The minimum Gasteiger partial charge on any atom is -0.493 e. The highest BCUT2D eigenvalue weighted by molar-refractivity contribution is 5.85. The van der Waals surface area contributed by atoms with Crippen molar-refractivity contribution in [2.24, 2.45) is 5.92 Å². The van der Waals surface area contributed by atoms with Gasteiger partial charge in [0.1, 0.15) is 0 Å². The fraction of sp³-hybridized carbons (Fsp3) is 0.429. The second-order valence-corrected chi connectivity index (χ2v) is 7.43. The van der Waals surface area contributed by atoms with E-state index in [0.717, 1.165) is 41.0 Å². The Kier molecular flexibility index (Phi) is 4.42. The van der Waals surface area contributed by atoms with Crippen LogP contribution in [0.3, 0.4) is 0 Å². The summed E-state index contributed by atoms with van der Waals surface area (Å²) in [5.74, 6) is 2.61. The molecule has 0 bridgehead atoms. The molecule has 6 nitrogen and oxygen atoms in total. The van der Waals surface area contributed by atoms with Gasteiger partial charge >= 0.3 is 0 Å². The van der Waals surface area contributed by atoms with Gasteiger partial charge in [-0.25, -0.2) is 9.67 Å². The van der Waals surface area contributed by atoms with Crippen molar-refractivity contribution in [1.29, 1.82) is 0 Å². The number of pyridine rings is 1. The number of aryl methyl sites for hydroxylation is 3. The van der Waals surface area contributed by atoms with Gasteiger partial charge in [-0.05, 0) is 49.9 Å². The van der Waals surface area contributed by atoms with Crippen molar-refractivity contribution in [1.82, 2.24) is 14.8 Å². The molecular weight excluding hydrogens is 342 g/mol. The Labute approximate surface area is 159 Å². The molecule has 0 saturated carbocycles. The summed E-state index contributed by atoms with van der Waals surface area (Å²) in [6.07, 6.45) is 1.07. The SMILES string of the molecule is COc1cc(-c2cc(C)c3c(C)nn(CCC(C)C)c3n2)cc2c1OCO2. The van der Waals surface area contributed by atoms with E-state index in [9.17, 15) is 0 Å². The Hall–Kier alpha value is -2.76. The van der Waals surface area contributed by atoms with E-state index in [1.165, 1.54) is 5.56 Å². The first-order valence-electron chi connectivity index (χ1n) is 9.30. The Bertz CT molecular complexity index is 1010. The molecule has 0 atom stereocenters. The minimum absolute atomic E-state index is 0.210. The highest BCUT2D eigenvalue weighted by Gasteiger charge is 2.22. The molecule has 0 unspecified atom stereocenters. The van der Waals surface area contributed by atoms with Crippen LogP contribution < -0.4 is 14.2 Å². The molecule has 1 aromatic carbocycles. The zero-order valence-electron chi connectivity index (χ0n) is 16.5. The number of nitrogens with zero attached hydrogens (tertiary/aromatic N) is 3. The lowest BCUT2D eigenvalue weighted by atomic mass is 10.1. The van der Waals surface area contributed by atoms with Gasteiger partial charge in [-0.2, -0.15) is 5.10 Å². The van der Waals surface area contributed by atoms with Crippen molar-refractivity contribution in [2.45, 2.75) is 40.7 Å². The molecule has 27 heavy (non-hydrogen) atoms. The molecule has 2 aromatic heterocycles. The van der Waals surface area contributed by atoms with E-state index in [2.05, 4.69) is 26.8 Å². The summed E-state index contributed by atoms with van der Waals surface area (Å²) in [7, 11) is 1.63. The maximum Gasteiger partial charge on any atom is 0.231 e. The van der Waals surface area contributed by atoms with E-state index in [1.54, 1.807) is 7.11 Å². The number of ether oxygens (including phenoxy) is 3. The van der Waals surface area contributed by atoms with Gasteiger partial charge in [0.2, 0.25) is 12.5 Å². The third-order valence-electron chi connectivity index (χ3n) is 4.95. The average Bonchev–Trinajstić information content (AvgIpc) is 3.23. The predicted octanol–water partition coefficient (Wildman–Crippen LogP) is 4.50. The first kappa shape index (κ1) is 17.6. The number of methoxy groups -OCH3 is 1. The van der Waals surface area contributed by atoms with Crippen LogP contribution in [0.5, 0.6) is 17.2 Å². The van der Waals surface area contributed by atoms with E-state index >= 15 is 0 Å². The summed E-state index contributed by atoms with van der Waals surface area (Å²) in [5, 5.41) is 5.87. The van der Waals surface area contributed by atoms with Gasteiger partial charge in [-0.1, -0.05) is 13.8 Å². The van der Waals surface area contributed by atoms with Crippen molar-refractivity contribution < 1.29 is 14.2 Å². The van der Waals surface area contributed by atoms with E-state index in [1.807, 2.05) is 23.7 Å². The lowest BCUT2D eigenvalue weighted by molar-refractivity contribution is 0.171. The zero-order chi connectivity index (χ0) is 19.1. The zero-order valence-corrected chi connectivity index (χ0v) is 16.5. The van der Waals surface area contributed by atoms with Crippen LogP contribution in [0.2, 0.25) is 0 Å². The topological polar surface area (TPSA) is 58.4 Å².